The molecule has 2 aliphatic rings. The lowest BCUT2D eigenvalue weighted by Crippen LogP contribution is -2.34. The Kier molecular flexibility index (Phi) is 3.87. The predicted octanol–water partition coefficient (Wildman–Crippen LogP) is 1.89. The number of hydrogen-bond donors (Lipinski definition) is 2. The Bertz CT molecular complexity index is 431. The first-order chi connectivity index (χ1) is 9.28. The molecule has 19 heavy (non-hydrogen) atoms. The molecule has 0 aromatic heterocycles. The largest absolute Gasteiger partial charge is 0.392 e. The van der Waals surface area contributed by atoms with Crippen LogP contribution in [0.3, 0.4) is 0 Å². The predicted molar refractivity (Wildman–Crippen MR) is 76.8 cm³/mol. The second kappa shape index (κ2) is 5.61. The molecule has 1 aromatic carbocycles. The van der Waals surface area contributed by atoms with E-state index in [1.54, 1.807) is 0 Å². The fourth-order valence-electron chi connectivity index (χ4n) is 3.26. The Morgan fingerprint density at radius 1 is 1.26 bits per heavy atom. The van der Waals surface area contributed by atoms with Gasteiger partial charge < -0.3 is 10.4 Å². The van der Waals surface area contributed by atoms with E-state index in [-0.39, 0.29) is 6.61 Å². The standard InChI is InChI=1S/C16H24N2O/c1-12-8-15(10-18(12)16-6-7-16)17-9-13-4-2-3-5-14(13)11-19/h2-5,12,15-17,19H,6-11H2,1H3. The first-order valence-corrected chi connectivity index (χ1v) is 7.44. The molecule has 1 saturated carbocycles. The van der Waals surface area contributed by atoms with E-state index in [9.17, 15) is 5.11 Å². The van der Waals surface area contributed by atoms with Gasteiger partial charge in [0.1, 0.15) is 0 Å². The van der Waals surface area contributed by atoms with E-state index in [2.05, 4.69) is 23.2 Å². The summed E-state index contributed by atoms with van der Waals surface area (Å²) in [6.45, 7) is 4.54. The molecular weight excluding hydrogens is 236 g/mol. The third kappa shape index (κ3) is 2.99. The van der Waals surface area contributed by atoms with E-state index in [0.717, 1.165) is 24.2 Å². The molecule has 2 fully saturated rings. The Labute approximate surface area is 115 Å². The Morgan fingerprint density at radius 3 is 2.68 bits per heavy atom. The fraction of sp³-hybridized carbons (Fsp3) is 0.625. The first-order valence-electron chi connectivity index (χ1n) is 7.44. The number of nitrogens with one attached hydrogen (secondary N) is 1. The van der Waals surface area contributed by atoms with Gasteiger partial charge in [0.2, 0.25) is 0 Å². The molecule has 3 rings (SSSR count). The number of aliphatic hydroxyl groups is 1. The van der Waals surface area contributed by atoms with Crippen LogP contribution in [-0.4, -0.2) is 34.7 Å². The summed E-state index contributed by atoms with van der Waals surface area (Å²) >= 11 is 0. The van der Waals surface area contributed by atoms with Crippen LogP contribution in [0.4, 0.5) is 0 Å². The van der Waals surface area contributed by atoms with E-state index in [0.29, 0.717) is 6.04 Å². The van der Waals surface area contributed by atoms with Gasteiger partial charge in [-0.15, -0.1) is 0 Å². The summed E-state index contributed by atoms with van der Waals surface area (Å²) < 4.78 is 0. The summed E-state index contributed by atoms with van der Waals surface area (Å²) in [4.78, 5) is 2.66. The SMILES string of the molecule is CC1CC(NCc2ccccc2CO)CN1C1CC1. The molecule has 0 radical (unpaired) electrons. The highest BCUT2D eigenvalue weighted by molar-refractivity contribution is 5.26. The van der Waals surface area contributed by atoms with Crippen LogP contribution in [0.25, 0.3) is 0 Å². The minimum atomic E-state index is 0.132. The molecule has 1 aromatic rings. The van der Waals surface area contributed by atoms with Crippen LogP contribution in [0.15, 0.2) is 24.3 Å². The Hall–Kier alpha value is -0.900. The van der Waals surface area contributed by atoms with E-state index in [1.807, 2.05) is 18.2 Å². The third-order valence-electron chi connectivity index (χ3n) is 4.51. The summed E-state index contributed by atoms with van der Waals surface area (Å²) in [6, 6.07) is 10.3. The highest BCUT2D eigenvalue weighted by Crippen LogP contribution is 2.33. The molecule has 0 spiro atoms. The molecule has 0 bridgehead atoms. The minimum absolute atomic E-state index is 0.132. The van der Waals surface area contributed by atoms with Gasteiger partial charge in [0.05, 0.1) is 6.61 Å². The van der Waals surface area contributed by atoms with Gasteiger partial charge in [0, 0.05) is 31.2 Å². The lowest BCUT2D eigenvalue weighted by atomic mass is 10.1. The Morgan fingerprint density at radius 2 is 2.00 bits per heavy atom. The van der Waals surface area contributed by atoms with Crippen molar-refractivity contribution in [3.8, 4) is 0 Å². The molecule has 104 valence electrons. The van der Waals surface area contributed by atoms with E-state index < -0.39 is 0 Å². The lowest BCUT2D eigenvalue weighted by Gasteiger charge is -2.20. The van der Waals surface area contributed by atoms with E-state index in [4.69, 9.17) is 0 Å². The molecule has 1 heterocycles. The number of nitrogens with zero attached hydrogens (tertiary/aromatic N) is 1. The van der Waals surface area contributed by atoms with Crippen molar-refractivity contribution in [3.63, 3.8) is 0 Å². The van der Waals surface area contributed by atoms with Crippen LogP contribution in [0.2, 0.25) is 0 Å². The number of rotatable bonds is 5. The molecule has 1 aliphatic heterocycles. The summed E-state index contributed by atoms with van der Waals surface area (Å²) in [6.07, 6.45) is 4.03. The van der Waals surface area contributed by atoms with Gasteiger partial charge in [-0.1, -0.05) is 24.3 Å². The molecule has 1 saturated heterocycles. The van der Waals surface area contributed by atoms with Crippen LogP contribution in [0, 0.1) is 0 Å². The van der Waals surface area contributed by atoms with Gasteiger partial charge in [-0.05, 0) is 37.3 Å². The quantitative estimate of drug-likeness (QED) is 0.848. The van der Waals surface area contributed by atoms with Crippen LogP contribution >= 0.6 is 0 Å². The van der Waals surface area contributed by atoms with Gasteiger partial charge in [-0.2, -0.15) is 0 Å². The topological polar surface area (TPSA) is 35.5 Å². The van der Waals surface area contributed by atoms with Crippen LogP contribution in [0.1, 0.15) is 37.3 Å². The third-order valence-corrected chi connectivity index (χ3v) is 4.51. The van der Waals surface area contributed by atoms with Crippen molar-refractivity contribution < 1.29 is 5.11 Å². The first kappa shape index (κ1) is 13.1. The molecular formula is C16H24N2O. The summed E-state index contributed by atoms with van der Waals surface area (Å²) in [5.41, 5.74) is 2.27. The molecule has 2 N–H and O–H groups in total. The van der Waals surface area contributed by atoms with Crippen molar-refractivity contribution >= 4 is 0 Å². The van der Waals surface area contributed by atoms with Crippen molar-refractivity contribution in [2.24, 2.45) is 0 Å². The average Bonchev–Trinajstić information content (AvgIpc) is 3.21. The fourth-order valence-corrected chi connectivity index (χ4v) is 3.26. The highest BCUT2D eigenvalue weighted by atomic mass is 16.3. The van der Waals surface area contributed by atoms with E-state index >= 15 is 0 Å². The van der Waals surface area contributed by atoms with Crippen LogP contribution < -0.4 is 5.32 Å². The monoisotopic (exact) mass is 260 g/mol. The average molecular weight is 260 g/mol. The van der Waals surface area contributed by atoms with Crippen LogP contribution in [0.5, 0.6) is 0 Å². The van der Waals surface area contributed by atoms with E-state index in [1.165, 1.54) is 31.4 Å². The Balaban J connectivity index is 1.55. The molecule has 0 amide bonds. The normalized spacial score (nSPS) is 27.9. The van der Waals surface area contributed by atoms with Gasteiger partial charge in [0.25, 0.3) is 0 Å². The number of aliphatic hydroxyl groups excluding tert-OH is 1. The van der Waals surface area contributed by atoms with Crippen LogP contribution in [-0.2, 0) is 13.2 Å². The second-order valence-corrected chi connectivity index (χ2v) is 6.02. The summed E-state index contributed by atoms with van der Waals surface area (Å²) in [5, 5.41) is 13.0. The molecule has 3 nitrogen and oxygen atoms in total. The van der Waals surface area contributed by atoms with Crippen molar-refractivity contribution in [2.45, 2.75) is 57.5 Å². The number of hydrogen-bond acceptors (Lipinski definition) is 3. The van der Waals surface area contributed by atoms with Gasteiger partial charge in [-0.3, -0.25) is 4.90 Å². The minimum Gasteiger partial charge on any atom is -0.392 e. The van der Waals surface area contributed by atoms with Crippen molar-refractivity contribution in [2.75, 3.05) is 6.54 Å². The zero-order valence-electron chi connectivity index (χ0n) is 11.7. The van der Waals surface area contributed by atoms with Gasteiger partial charge in [0.15, 0.2) is 0 Å². The smallest absolute Gasteiger partial charge is 0.0685 e. The van der Waals surface area contributed by atoms with Crippen molar-refractivity contribution in [1.29, 1.82) is 0 Å². The molecule has 2 unspecified atom stereocenters. The number of benzene rings is 1. The van der Waals surface area contributed by atoms with Crippen molar-refractivity contribution in [1.82, 2.24) is 10.2 Å². The highest BCUT2D eigenvalue weighted by Gasteiger charge is 2.38. The zero-order chi connectivity index (χ0) is 13.2. The van der Waals surface area contributed by atoms with Crippen molar-refractivity contribution in [3.05, 3.63) is 35.4 Å². The molecule has 1 aliphatic carbocycles. The maximum Gasteiger partial charge on any atom is 0.0685 e. The zero-order valence-corrected chi connectivity index (χ0v) is 11.7. The summed E-state index contributed by atoms with van der Waals surface area (Å²) in [5.74, 6) is 0. The second-order valence-electron chi connectivity index (χ2n) is 6.02. The number of likely N-dealkylation sites (tertiary alicyclic amines) is 1. The van der Waals surface area contributed by atoms with Gasteiger partial charge >= 0.3 is 0 Å². The summed E-state index contributed by atoms with van der Waals surface area (Å²) in [7, 11) is 0. The molecule has 3 heteroatoms. The van der Waals surface area contributed by atoms with Gasteiger partial charge in [-0.25, -0.2) is 0 Å². The maximum atomic E-state index is 9.34. The molecule has 2 atom stereocenters. The maximum absolute atomic E-state index is 9.34. The lowest BCUT2D eigenvalue weighted by molar-refractivity contribution is 0.255.